The van der Waals surface area contributed by atoms with Crippen molar-refractivity contribution in [3.8, 4) is 17.2 Å². The number of nitrogens with one attached hydrogen (secondary N) is 2. The summed E-state index contributed by atoms with van der Waals surface area (Å²) in [5.41, 5.74) is 8.29. The van der Waals surface area contributed by atoms with Crippen LogP contribution in [0.25, 0.3) is 11.1 Å². The van der Waals surface area contributed by atoms with Gasteiger partial charge in [-0.3, -0.25) is 0 Å². The van der Waals surface area contributed by atoms with Crippen LogP contribution in [0.2, 0.25) is 0 Å². The first-order chi connectivity index (χ1) is 16.2. The highest BCUT2D eigenvalue weighted by atomic mass is 35.5. The molecule has 1 fully saturated rings. The summed E-state index contributed by atoms with van der Waals surface area (Å²) < 4.78 is 14.9. The molecule has 5 heteroatoms. The van der Waals surface area contributed by atoms with Gasteiger partial charge in [-0.1, -0.05) is 37.4 Å². The van der Waals surface area contributed by atoms with Crippen LogP contribution in [0.5, 0.6) is 0 Å². The third-order valence-electron chi connectivity index (χ3n) is 6.48. The third-order valence-corrected chi connectivity index (χ3v) is 7.03. The average Bonchev–Trinajstić information content (AvgIpc) is 3.48. The van der Waals surface area contributed by atoms with Gasteiger partial charge in [0.05, 0.1) is 5.38 Å². The number of allylic oxidation sites excluding steroid dienone is 2. The molecule has 0 bridgehead atoms. The Labute approximate surface area is 205 Å². The van der Waals surface area contributed by atoms with Crippen LogP contribution in [0.15, 0.2) is 79.1 Å². The second-order valence-electron chi connectivity index (χ2n) is 8.93. The first-order valence-corrected chi connectivity index (χ1v) is 11.6. The van der Waals surface area contributed by atoms with Gasteiger partial charge in [-0.05, 0) is 78.9 Å². The Morgan fingerprint density at radius 2 is 1.56 bits per heavy atom. The molecule has 0 amide bonds. The molecule has 1 aliphatic rings. The number of benzene rings is 3. The van der Waals surface area contributed by atoms with Crippen LogP contribution in [0, 0.1) is 43.8 Å². The second kappa shape index (κ2) is 9.37. The topological polar surface area (TPSA) is 47.9 Å². The molecule has 0 spiro atoms. The fraction of sp³-hybridized carbons (Fsp3) is 0.207. The molecule has 3 nitrogen and oxygen atoms in total. The molecule has 0 saturated heterocycles. The van der Waals surface area contributed by atoms with E-state index in [2.05, 4.69) is 55.8 Å². The smallest absolute Gasteiger partial charge is 0.133 e. The molecule has 0 aliphatic heterocycles. The number of anilines is 2. The lowest BCUT2D eigenvalue weighted by Crippen LogP contribution is -2.03. The van der Waals surface area contributed by atoms with E-state index >= 15 is 0 Å². The summed E-state index contributed by atoms with van der Waals surface area (Å²) in [6, 6.07) is 19.0. The Morgan fingerprint density at radius 1 is 0.882 bits per heavy atom. The van der Waals surface area contributed by atoms with Crippen molar-refractivity contribution in [2.75, 3.05) is 10.6 Å². The number of aryl methyl sites for hydroxylation is 3. The Balaban J connectivity index is 1.53. The van der Waals surface area contributed by atoms with Crippen molar-refractivity contribution in [2.24, 2.45) is 5.92 Å². The Kier molecular flexibility index (Phi) is 6.50. The minimum absolute atomic E-state index is 0.00678. The fourth-order valence-corrected chi connectivity index (χ4v) is 4.85. The van der Waals surface area contributed by atoms with Gasteiger partial charge in [0.15, 0.2) is 0 Å². The highest BCUT2D eigenvalue weighted by Gasteiger charge is 2.51. The molecule has 0 aromatic heterocycles. The van der Waals surface area contributed by atoms with Crippen LogP contribution in [0.1, 0.15) is 28.2 Å². The minimum Gasteiger partial charge on any atom is -0.359 e. The summed E-state index contributed by atoms with van der Waals surface area (Å²) in [7, 11) is 0. The molecule has 4 rings (SSSR count). The van der Waals surface area contributed by atoms with Gasteiger partial charge in [-0.2, -0.15) is 5.26 Å². The standard InChI is InChI=1S/C29H27ClFN3/c1-16-6-8-21(12-18(16)3)28-27(29(28)30)20(5)34-22-9-7-17(2)25(13-22)24-11-10-23(14-26(24)31)33-19(4)15-32/h6-14,27-29,33-34H,4-5H2,1-3H3. The van der Waals surface area contributed by atoms with E-state index in [1.165, 1.54) is 22.8 Å². The molecule has 3 unspecified atom stereocenters. The van der Waals surface area contributed by atoms with Crippen molar-refractivity contribution in [2.45, 2.75) is 32.1 Å². The monoisotopic (exact) mass is 471 g/mol. The number of nitrogens with zero attached hydrogens (tertiary/aromatic N) is 1. The van der Waals surface area contributed by atoms with Crippen LogP contribution in [0.3, 0.4) is 0 Å². The zero-order valence-corrected chi connectivity index (χ0v) is 20.3. The van der Waals surface area contributed by atoms with E-state index in [-0.39, 0.29) is 28.7 Å². The molecular weight excluding hydrogens is 445 g/mol. The average molecular weight is 472 g/mol. The first-order valence-electron chi connectivity index (χ1n) is 11.1. The van der Waals surface area contributed by atoms with E-state index in [0.29, 0.717) is 11.3 Å². The number of hydrogen-bond acceptors (Lipinski definition) is 3. The minimum atomic E-state index is -0.382. The molecule has 1 saturated carbocycles. The van der Waals surface area contributed by atoms with Crippen LogP contribution in [-0.4, -0.2) is 5.38 Å². The molecule has 0 heterocycles. The van der Waals surface area contributed by atoms with Crippen LogP contribution >= 0.6 is 11.6 Å². The highest BCUT2D eigenvalue weighted by molar-refractivity contribution is 6.24. The summed E-state index contributed by atoms with van der Waals surface area (Å²) >= 11 is 6.66. The van der Waals surface area contributed by atoms with Crippen molar-refractivity contribution in [1.82, 2.24) is 0 Å². The summed E-state index contributed by atoms with van der Waals surface area (Å²) in [6.07, 6.45) is 0. The molecule has 2 N–H and O–H groups in total. The lowest BCUT2D eigenvalue weighted by Gasteiger charge is -2.14. The lowest BCUT2D eigenvalue weighted by molar-refractivity contribution is 0.632. The van der Waals surface area contributed by atoms with E-state index in [9.17, 15) is 4.39 Å². The zero-order valence-electron chi connectivity index (χ0n) is 19.5. The van der Waals surface area contributed by atoms with Gasteiger partial charge in [0.2, 0.25) is 0 Å². The summed E-state index contributed by atoms with van der Waals surface area (Å²) in [6.45, 7) is 14.0. The predicted molar refractivity (Wildman–Crippen MR) is 139 cm³/mol. The normalized spacial score (nSPS) is 18.6. The van der Waals surface area contributed by atoms with Gasteiger partial charge in [-0.25, -0.2) is 4.39 Å². The summed E-state index contributed by atoms with van der Waals surface area (Å²) in [4.78, 5) is 0. The summed E-state index contributed by atoms with van der Waals surface area (Å²) in [5.74, 6) is -0.0250. The van der Waals surface area contributed by atoms with Gasteiger partial charge < -0.3 is 10.6 Å². The predicted octanol–water partition coefficient (Wildman–Crippen LogP) is 7.81. The highest BCUT2D eigenvalue weighted by Crippen LogP contribution is 2.55. The van der Waals surface area contributed by atoms with E-state index < -0.39 is 0 Å². The van der Waals surface area contributed by atoms with Gasteiger partial charge in [0.25, 0.3) is 0 Å². The number of halogens is 2. The lowest BCUT2D eigenvalue weighted by atomic mass is 9.98. The molecule has 0 radical (unpaired) electrons. The van der Waals surface area contributed by atoms with E-state index in [0.717, 1.165) is 22.5 Å². The molecule has 3 aromatic rings. The van der Waals surface area contributed by atoms with Gasteiger partial charge in [0, 0.05) is 34.5 Å². The maximum absolute atomic E-state index is 14.9. The Bertz CT molecular complexity index is 1340. The van der Waals surface area contributed by atoms with Crippen LogP contribution < -0.4 is 10.6 Å². The number of alkyl halides is 1. The Morgan fingerprint density at radius 3 is 2.24 bits per heavy atom. The quantitative estimate of drug-likeness (QED) is 0.273. The maximum Gasteiger partial charge on any atom is 0.133 e. The van der Waals surface area contributed by atoms with Crippen LogP contribution in [-0.2, 0) is 0 Å². The SMILES string of the molecule is C=C(C#N)Nc1ccc(-c2cc(NC(=C)C3C(Cl)C3c3ccc(C)c(C)c3)ccc2C)c(F)c1. The van der Waals surface area contributed by atoms with Crippen molar-refractivity contribution in [1.29, 1.82) is 5.26 Å². The molecule has 3 atom stereocenters. The molecule has 1 aliphatic carbocycles. The molecular formula is C29H27ClFN3. The van der Waals surface area contributed by atoms with Gasteiger partial charge in [0.1, 0.15) is 17.6 Å². The van der Waals surface area contributed by atoms with E-state index in [4.69, 9.17) is 16.9 Å². The van der Waals surface area contributed by atoms with Crippen molar-refractivity contribution < 1.29 is 4.39 Å². The van der Waals surface area contributed by atoms with Crippen molar-refractivity contribution >= 4 is 23.0 Å². The fourth-order valence-electron chi connectivity index (χ4n) is 4.32. The zero-order chi connectivity index (χ0) is 24.6. The van der Waals surface area contributed by atoms with Crippen LogP contribution in [0.4, 0.5) is 15.8 Å². The van der Waals surface area contributed by atoms with Gasteiger partial charge in [-0.15, -0.1) is 11.6 Å². The van der Waals surface area contributed by atoms with E-state index in [1.54, 1.807) is 12.1 Å². The Hall–Kier alpha value is -3.55. The number of rotatable bonds is 7. The molecule has 3 aromatic carbocycles. The number of nitriles is 1. The molecule has 172 valence electrons. The third kappa shape index (κ3) is 4.71. The number of hydrogen-bond donors (Lipinski definition) is 2. The largest absolute Gasteiger partial charge is 0.359 e. The van der Waals surface area contributed by atoms with Gasteiger partial charge >= 0.3 is 0 Å². The van der Waals surface area contributed by atoms with E-state index in [1.807, 2.05) is 31.2 Å². The summed E-state index contributed by atoms with van der Waals surface area (Å²) in [5, 5.41) is 15.0. The van der Waals surface area contributed by atoms with Crippen molar-refractivity contribution in [3.63, 3.8) is 0 Å². The molecule has 34 heavy (non-hydrogen) atoms. The second-order valence-corrected chi connectivity index (χ2v) is 9.43. The van der Waals surface area contributed by atoms with Crippen molar-refractivity contribution in [3.05, 3.63) is 107 Å². The maximum atomic E-state index is 14.9. The first kappa shape index (κ1) is 23.6.